The van der Waals surface area contributed by atoms with E-state index in [0.29, 0.717) is 30.1 Å². The first-order chi connectivity index (χ1) is 21.0. The Morgan fingerprint density at radius 2 is 1.20 bits per heavy atom. The van der Waals surface area contributed by atoms with Crippen LogP contribution in [0, 0.1) is 0 Å². The summed E-state index contributed by atoms with van der Waals surface area (Å²) >= 11 is -0.287. The zero-order chi connectivity index (χ0) is 31.7. The van der Waals surface area contributed by atoms with Gasteiger partial charge in [0, 0.05) is 0 Å². The van der Waals surface area contributed by atoms with E-state index in [1.807, 2.05) is 19.1 Å². The Bertz CT molecular complexity index is 1410. The molecule has 3 aromatic rings. The Labute approximate surface area is 296 Å². The van der Waals surface area contributed by atoms with Gasteiger partial charge in [0.15, 0.2) is 0 Å². The monoisotopic (exact) mass is 752 g/mol. The van der Waals surface area contributed by atoms with E-state index in [2.05, 4.69) is 118 Å². The maximum atomic E-state index is 12.6. The average molecular weight is 753 g/mol. The summed E-state index contributed by atoms with van der Waals surface area (Å²) in [6.07, 6.45) is 0.191. The number of para-hydroxylation sites is 3. The summed E-state index contributed by atoms with van der Waals surface area (Å²) in [6, 6.07) is 19.9. The fourth-order valence-corrected chi connectivity index (χ4v) is 8.98. The molecule has 0 aliphatic carbocycles. The number of nitrogens with zero attached hydrogens (tertiary/aromatic N) is 2. The number of fused-ring (bicyclic) bond motifs is 1. The molecule has 5 rings (SSSR count). The summed E-state index contributed by atoms with van der Waals surface area (Å²) in [5.41, 5.74) is 10.4. The molecule has 8 heteroatoms. The van der Waals surface area contributed by atoms with Crippen molar-refractivity contribution in [3.63, 3.8) is 0 Å². The second-order valence-electron chi connectivity index (χ2n) is 13.3. The van der Waals surface area contributed by atoms with Crippen molar-refractivity contribution in [1.82, 2.24) is 0 Å². The molecule has 1 atom stereocenters. The molecule has 5 nitrogen and oxygen atoms in total. The molecule has 1 N–H and O–H groups in total. The molecule has 3 aromatic carbocycles. The quantitative estimate of drug-likeness (QED) is 0.342. The van der Waals surface area contributed by atoms with E-state index >= 15 is 0 Å². The number of carbonyl (C=O) groups is 1. The minimum atomic E-state index is -0.453. The van der Waals surface area contributed by atoms with Gasteiger partial charge in [0.05, 0.1) is 0 Å². The smallest absolute Gasteiger partial charge is 1.00 e. The molecular weight excluding hydrogens is 702 g/mol. The first-order valence-corrected chi connectivity index (χ1v) is 18.4. The van der Waals surface area contributed by atoms with Crippen LogP contribution in [0.2, 0.25) is 0 Å². The number of halogens is 2. The van der Waals surface area contributed by atoms with Crippen LogP contribution in [-0.2, 0) is 21.5 Å². The van der Waals surface area contributed by atoms with E-state index in [1.165, 1.54) is 33.6 Å². The Morgan fingerprint density at radius 1 is 0.761 bits per heavy atom. The molecule has 2 aliphatic rings. The van der Waals surface area contributed by atoms with Crippen molar-refractivity contribution in [3.05, 3.63) is 82.4 Å². The number of carbonyl (C=O) groups excluding carboxylic acids is 1. The number of rotatable bonds is 9. The van der Waals surface area contributed by atoms with E-state index in [0.717, 1.165) is 30.1 Å². The minimum Gasteiger partial charge on any atom is -1.00 e. The van der Waals surface area contributed by atoms with Gasteiger partial charge >= 0.3 is 273 Å². The molecule has 1 saturated heterocycles. The summed E-state index contributed by atoms with van der Waals surface area (Å²) in [6.45, 7) is 22.5. The average Bonchev–Trinajstić information content (AvgIpc) is 3.41. The second kappa shape index (κ2) is 16.1. The molecule has 2 heterocycles. The first kappa shape index (κ1) is 38.1. The van der Waals surface area contributed by atoms with E-state index in [1.54, 1.807) is 0 Å². The van der Waals surface area contributed by atoms with Crippen molar-refractivity contribution in [2.24, 2.45) is 0 Å². The molecule has 0 radical (unpaired) electrons. The van der Waals surface area contributed by atoms with Crippen LogP contribution >= 0.6 is 0 Å². The largest absolute Gasteiger partial charge is 1.00 e. The van der Waals surface area contributed by atoms with Crippen LogP contribution in [-0.4, -0.2) is 34.5 Å². The molecule has 251 valence electrons. The SMILES string of the molecule is CCC1Oc2c(/[CH]=[Ru+2]/[CH]3N(c4c(C(C)C)cccc4C(C)C)CCN3c3c(C(C)C)cccc3C(C)C)cccc2NC1=O.[Cl-].[Cl-]. The molecule has 0 spiro atoms. The number of amides is 1. The van der Waals surface area contributed by atoms with Gasteiger partial charge in [-0.1, -0.05) is 0 Å². The summed E-state index contributed by atoms with van der Waals surface area (Å²) in [7, 11) is 0. The Balaban J connectivity index is 0.00000288. The van der Waals surface area contributed by atoms with Crippen LogP contribution in [0.3, 0.4) is 0 Å². The first-order valence-electron chi connectivity index (χ1n) is 16.3. The molecular formula is C38H50Cl2N3O2Ru. The predicted octanol–water partition coefficient (Wildman–Crippen LogP) is 2.84. The van der Waals surface area contributed by atoms with Gasteiger partial charge in [-0.25, -0.2) is 0 Å². The van der Waals surface area contributed by atoms with Crippen molar-refractivity contribution in [1.29, 1.82) is 0 Å². The number of hydrogen-bond donors (Lipinski definition) is 1. The van der Waals surface area contributed by atoms with Gasteiger partial charge in [-0.2, -0.15) is 0 Å². The topological polar surface area (TPSA) is 44.8 Å². The fourth-order valence-electron chi connectivity index (χ4n) is 6.49. The molecule has 1 unspecified atom stereocenters. The molecule has 0 bridgehead atoms. The number of ether oxygens (including phenoxy) is 1. The zero-order valence-corrected chi connectivity index (χ0v) is 31.9. The van der Waals surface area contributed by atoms with Crippen molar-refractivity contribution < 1.29 is 51.0 Å². The van der Waals surface area contributed by atoms with Gasteiger partial charge in [0.1, 0.15) is 0 Å². The van der Waals surface area contributed by atoms with Gasteiger partial charge in [-0.15, -0.1) is 0 Å². The van der Waals surface area contributed by atoms with Gasteiger partial charge < -0.3 is 24.8 Å². The Hall–Kier alpha value is -2.40. The maximum Gasteiger partial charge on any atom is -1.00 e. The standard InChI is InChI=1S/C27H39N2.C11H11NO2.2ClH.Ru/c1-18(2)22-11-9-12-23(19(3)4)26(22)28-15-16-29(17-28)27-24(20(5)6)13-10-14-25(27)21(7)8;1-3-9-11(13)12-8-6-4-5-7(2)10(8)14-9;;;/h9-14,17-21H,15-16H2,1-8H3;2,4-6,9H,3H2,1H3,(H,12,13);2*1H;/q;;;;+2/p-2. The van der Waals surface area contributed by atoms with Crippen molar-refractivity contribution in [2.75, 3.05) is 28.2 Å². The molecule has 0 saturated carbocycles. The van der Waals surface area contributed by atoms with E-state index < -0.39 is 6.10 Å². The van der Waals surface area contributed by atoms with Crippen molar-refractivity contribution >= 4 is 27.6 Å². The third-order valence-electron chi connectivity index (χ3n) is 8.84. The summed E-state index contributed by atoms with van der Waals surface area (Å²) < 4.78 is 8.95. The second-order valence-corrected chi connectivity index (χ2v) is 15.3. The number of benzene rings is 3. The van der Waals surface area contributed by atoms with Crippen molar-refractivity contribution in [2.45, 2.75) is 103 Å². The number of hydrogen-bond acceptors (Lipinski definition) is 4. The minimum absolute atomic E-state index is 0. The number of nitrogens with one attached hydrogen (secondary N) is 1. The summed E-state index contributed by atoms with van der Waals surface area (Å²) in [5.74, 6) is 2.46. The zero-order valence-electron chi connectivity index (χ0n) is 28.7. The Kier molecular flexibility index (Phi) is 13.3. The molecule has 1 fully saturated rings. The van der Waals surface area contributed by atoms with E-state index in [-0.39, 0.29) is 52.2 Å². The third kappa shape index (κ3) is 7.50. The molecule has 46 heavy (non-hydrogen) atoms. The molecule has 1 amide bonds. The maximum absolute atomic E-state index is 12.6. The van der Waals surface area contributed by atoms with Crippen molar-refractivity contribution in [3.8, 4) is 5.75 Å². The van der Waals surface area contributed by atoms with Crippen LogP contribution in [0.25, 0.3) is 0 Å². The summed E-state index contributed by atoms with van der Waals surface area (Å²) in [4.78, 5) is 18.0. The van der Waals surface area contributed by atoms with Gasteiger partial charge in [-0.05, 0) is 0 Å². The summed E-state index contributed by atoms with van der Waals surface area (Å²) in [5, 5.41) is 3.08. The predicted molar refractivity (Wildman–Crippen MR) is 183 cm³/mol. The van der Waals surface area contributed by atoms with E-state index in [4.69, 9.17) is 4.74 Å². The third-order valence-corrected chi connectivity index (χ3v) is 11.3. The fraction of sp³-hybridized carbons (Fsp3) is 0.474. The van der Waals surface area contributed by atoms with Crippen LogP contribution in [0.1, 0.15) is 120 Å². The van der Waals surface area contributed by atoms with Gasteiger partial charge in [-0.3, -0.25) is 0 Å². The normalized spacial score (nSPS) is 16.6. The van der Waals surface area contributed by atoms with Crippen LogP contribution in [0.5, 0.6) is 5.75 Å². The Morgan fingerprint density at radius 3 is 1.61 bits per heavy atom. The van der Waals surface area contributed by atoms with Crippen LogP contribution in [0.15, 0.2) is 54.6 Å². The molecule has 2 aliphatic heterocycles. The van der Waals surface area contributed by atoms with Crippen LogP contribution in [0.4, 0.5) is 17.1 Å². The van der Waals surface area contributed by atoms with Gasteiger partial charge in [0.25, 0.3) is 0 Å². The van der Waals surface area contributed by atoms with E-state index in [9.17, 15) is 4.79 Å². The van der Waals surface area contributed by atoms with Gasteiger partial charge in [0.2, 0.25) is 0 Å². The van der Waals surface area contributed by atoms with Crippen LogP contribution < -0.4 is 44.7 Å². The number of anilines is 3. The molecule has 0 aromatic heterocycles.